The maximum absolute atomic E-state index is 12.8. The van der Waals surface area contributed by atoms with E-state index in [4.69, 9.17) is 17.3 Å². The molecule has 0 spiro atoms. The molecule has 2 aromatic heterocycles. The summed E-state index contributed by atoms with van der Waals surface area (Å²) < 4.78 is 1.52. The molecule has 174 valence electrons. The van der Waals surface area contributed by atoms with Crippen molar-refractivity contribution in [3.05, 3.63) is 27.9 Å². The van der Waals surface area contributed by atoms with Gasteiger partial charge in [-0.3, -0.25) is 14.5 Å². The van der Waals surface area contributed by atoms with E-state index in [0.717, 1.165) is 21.2 Å². The second-order valence-electron chi connectivity index (χ2n) is 6.52. The number of carboxylic acid groups (broad SMARTS) is 1. The zero-order valence-corrected chi connectivity index (χ0v) is 24.5. The Bertz CT molecular complexity index is 1190. The first-order valence-corrected chi connectivity index (χ1v) is 14.4. The van der Waals surface area contributed by atoms with Gasteiger partial charge in [-0.2, -0.15) is 0 Å². The molecule has 2 atom stereocenters. The monoisotopic (exact) mass is 584 g/mol. The number of halogens is 1. The Labute approximate surface area is 241 Å². The van der Waals surface area contributed by atoms with Gasteiger partial charge in [-0.1, -0.05) is 46.5 Å². The van der Waals surface area contributed by atoms with Crippen LogP contribution in [0.3, 0.4) is 0 Å². The Hall–Kier alpha value is -0.780. The fourth-order valence-corrected chi connectivity index (χ4v) is 7.82. The van der Waals surface area contributed by atoms with Crippen molar-refractivity contribution in [1.29, 1.82) is 0 Å². The molecular formula is C17H14ClN6NaO4S5. The number of hydrogen-bond acceptors (Lipinski definition) is 13. The molecule has 3 N–H and O–H groups in total. The average molecular weight is 585 g/mol. The minimum absolute atomic E-state index is 0. The molecule has 2 amide bonds. The van der Waals surface area contributed by atoms with E-state index in [1.165, 1.54) is 51.5 Å². The summed E-state index contributed by atoms with van der Waals surface area (Å²) in [6.07, 6.45) is 1.90. The fraction of sp³-hybridized carbons (Fsp3) is 0.294. The molecule has 0 saturated carbocycles. The molecule has 0 radical (unpaired) electrons. The molecule has 4 heterocycles. The van der Waals surface area contributed by atoms with Crippen molar-refractivity contribution in [2.45, 2.75) is 20.1 Å². The van der Waals surface area contributed by atoms with Crippen molar-refractivity contribution in [1.82, 2.24) is 25.4 Å². The van der Waals surface area contributed by atoms with Crippen LogP contribution < -0.4 is 45.7 Å². The Morgan fingerprint density at radius 2 is 2.15 bits per heavy atom. The van der Waals surface area contributed by atoms with Gasteiger partial charge in [0.2, 0.25) is 0 Å². The second-order valence-corrected chi connectivity index (χ2v) is 12.0. The number of anilines is 1. The smallest absolute Gasteiger partial charge is 0.543 e. The van der Waals surface area contributed by atoms with Crippen molar-refractivity contribution in [2.75, 3.05) is 23.5 Å². The van der Waals surface area contributed by atoms with Crippen LogP contribution in [-0.2, 0) is 14.4 Å². The number of fused-ring (bicyclic) bond motifs is 1. The van der Waals surface area contributed by atoms with E-state index >= 15 is 0 Å². The Balaban J connectivity index is 0.00000324. The molecule has 0 aliphatic carbocycles. The quantitative estimate of drug-likeness (QED) is 0.154. The minimum atomic E-state index is -1.43. The average Bonchev–Trinajstić information content (AvgIpc) is 3.44. The number of nitrogens with two attached hydrogens (primary N) is 1. The molecule has 1 fully saturated rings. The normalized spacial score (nSPS) is 19.9. The van der Waals surface area contributed by atoms with Crippen molar-refractivity contribution in [3.63, 3.8) is 0 Å². The number of carboxylic acids is 1. The molecule has 17 heteroatoms. The number of carbonyl (C=O) groups is 3. The van der Waals surface area contributed by atoms with Gasteiger partial charge in [0, 0.05) is 22.4 Å². The minimum Gasteiger partial charge on any atom is -0.543 e. The Morgan fingerprint density at radius 3 is 2.74 bits per heavy atom. The van der Waals surface area contributed by atoms with E-state index in [1.807, 2.05) is 6.26 Å². The first kappa shape index (κ1) is 27.8. The summed E-state index contributed by atoms with van der Waals surface area (Å²) >= 11 is 12.6. The van der Waals surface area contributed by atoms with Gasteiger partial charge in [0.25, 0.3) is 11.8 Å². The molecule has 1 saturated heterocycles. The second kappa shape index (κ2) is 12.0. The molecule has 2 aromatic rings. The first-order valence-electron chi connectivity index (χ1n) is 9.05. The topological polar surface area (TPSA) is 154 Å². The number of thioether (sulfide) groups is 3. The van der Waals surface area contributed by atoms with Gasteiger partial charge in [0.05, 0.1) is 22.9 Å². The van der Waals surface area contributed by atoms with Crippen molar-refractivity contribution in [2.24, 2.45) is 0 Å². The molecule has 2 aliphatic rings. The van der Waals surface area contributed by atoms with Crippen molar-refractivity contribution >= 4 is 98.0 Å². The molecular weight excluding hydrogens is 571 g/mol. The summed E-state index contributed by atoms with van der Waals surface area (Å²) in [7, 11) is 0. The van der Waals surface area contributed by atoms with Crippen molar-refractivity contribution < 1.29 is 49.0 Å². The predicted molar refractivity (Wildman–Crippen MR) is 130 cm³/mol. The van der Waals surface area contributed by atoms with Crippen LogP contribution in [0, 0.1) is 0 Å². The van der Waals surface area contributed by atoms with Crippen LogP contribution >= 0.6 is 69.6 Å². The summed E-state index contributed by atoms with van der Waals surface area (Å²) in [6, 6.07) is -0.902. The van der Waals surface area contributed by atoms with E-state index in [2.05, 4.69) is 20.5 Å². The van der Waals surface area contributed by atoms with Crippen LogP contribution in [0.25, 0.3) is 5.57 Å². The summed E-state index contributed by atoms with van der Waals surface area (Å²) in [5.74, 6) is -1.87. The molecule has 2 aliphatic heterocycles. The number of hydrogen-bond donors (Lipinski definition) is 2. The molecule has 0 aromatic carbocycles. The fourth-order valence-electron chi connectivity index (χ4n) is 3.12. The number of amides is 2. The van der Waals surface area contributed by atoms with Gasteiger partial charge in [0.1, 0.15) is 11.4 Å². The zero-order valence-electron chi connectivity index (χ0n) is 17.6. The number of nitrogen functional groups attached to an aromatic ring is 1. The Kier molecular flexibility index (Phi) is 9.79. The number of rotatable bonds is 8. The van der Waals surface area contributed by atoms with Crippen LogP contribution in [-0.4, -0.2) is 67.0 Å². The number of thiazole rings is 1. The van der Waals surface area contributed by atoms with E-state index in [1.54, 1.807) is 5.38 Å². The van der Waals surface area contributed by atoms with E-state index in [0.29, 0.717) is 27.1 Å². The third kappa shape index (κ3) is 5.62. The maximum Gasteiger partial charge on any atom is 1.00 e. The van der Waals surface area contributed by atoms with Crippen molar-refractivity contribution in [3.8, 4) is 0 Å². The van der Waals surface area contributed by atoms with E-state index < -0.39 is 29.2 Å². The molecule has 4 rings (SSSR count). The third-order valence-electron chi connectivity index (χ3n) is 4.61. The number of carbonyl (C=O) groups excluding carboxylic acids is 3. The number of aromatic nitrogens is 3. The van der Waals surface area contributed by atoms with E-state index in [9.17, 15) is 19.5 Å². The third-order valence-corrected chi connectivity index (χ3v) is 9.96. The van der Waals surface area contributed by atoms with Crippen LogP contribution in [0.15, 0.2) is 30.9 Å². The molecule has 10 nitrogen and oxygen atoms in total. The van der Waals surface area contributed by atoms with E-state index in [-0.39, 0.29) is 46.0 Å². The van der Waals surface area contributed by atoms with Gasteiger partial charge in [-0.15, -0.1) is 33.3 Å². The number of β-lactam (4-membered cyclic amide) rings is 1. The van der Waals surface area contributed by atoms with Gasteiger partial charge < -0.3 is 21.0 Å². The SMILES string of the molecule is CSc1nnc(SCC2=C(C(=O)[O-])N3C(=O)C(NC(=O)C(=CCl)c4csc(N)n4)[C@@H]3SC2)s1.[Na+]. The first-order chi connectivity index (χ1) is 15.8. The number of aliphatic carboxylic acids is 1. The van der Waals surface area contributed by atoms with Crippen LogP contribution in [0.4, 0.5) is 5.13 Å². The largest absolute Gasteiger partial charge is 1.00 e. The Morgan fingerprint density at radius 1 is 1.41 bits per heavy atom. The van der Waals surface area contributed by atoms with Crippen LogP contribution in [0.2, 0.25) is 0 Å². The zero-order chi connectivity index (χ0) is 23.7. The number of nitrogens with zero attached hydrogens (tertiary/aromatic N) is 4. The summed E-state index contributed by atoms with van der Waals surface area (Å²) in [6.45, 7) is 0. The van der Waals surface area contributed by atoms with Gasteiger partial charge in [-0.05, 0) is 11.8 Å². The van der Waals surface area contributed by atoms with Crippen LogP contribution in [0.1, 0.15) is 5.69 Å². The molecule has 1 unspecified atom stereocenters. The maximum atomic E-state index is 12.8. The molecule has 0 bridgehead atoms. The predicted octanol–water partition coefficient (Wildman–Crippen LogP) is -1.92. The summed E-state index contributed by atoms with van der Waals surface area (Å²) in [5.41, 5.74) is 7.43. The van der Waals surface area contributed by atoms with Gasteiger partial charge in [-0.25, -0.2) is 4.98 Å². The number of nitrogens with one attached hydrogen (secondary N) is 1. The van der Waals surface area contributed by atoms with Gasteiger partial charge in [0.15, 0.2) is 13.8 Å². The standard InChI is InChI=1S/C17H15ClN6O4S5.Na/c1-29-16-22-23-17(33-16)32-4-6-3-30-13-9(12(26)24(13)10(6)14(27)28)21-11(25)7(2-18)8-5-31-15(19)20-8;/h2,5,9,13H,3-4H2,1H3,(H2,19,20)(H,21,25)(H,27,28);/q;+1/p-1/t9?,13-;/m0./s1. The summed E-state index contributed by atoms with van der Waals surface area (Å²) in [5, 5.41) is 23.9. The van der Waals surface area contributed by atoms with Gasteiger partial charge >= 0.3 is 29.6 Å². The van der Waals surface area contributed by atoms with Crippen LogP contribution in [0.5, 0.6) is 0 Å². The molecule has 34 heavy (non-hydrogen) atoms. The summed E-state index contributed by atoms with van der Waals surface area (Å²) in [4.78, 5) is 42.6.